The van der Waals surface area contributed by atoms with Crippen molar-refractivity contribution in [3.63, 3.8) is 0 Å². The number of anilines is 1. The van der Waals surface area contributed by atoms with Crippen LogP contribution >= 0.6 is 22.6 Å². The van der Waals surface area contributed by atoms with Crippen LogP contribution in [0.2, 0.25) is 0 Å². The largest absolute Gasteiger partial charge is 0.383 e. The fraction of sp³-hybridized carbons (Fsp3) is 0.333. The van der Waals surface area contributed by atoms with Crippen LogP contribution in [0.5, 0.6) is 0 Å². The number of hydrogen-bond acceptors (Lipinski definition) is 5. The first-order valence-corrected chi connectivity index (χ1v) is 6.58. The van der Waals surface area contributed by atoms with E-state index in [1.165, 1.54) is 0 Å². The zero-order valence-corrected chi connectivity index (χ0v) is 12.6. The zero-order chi connectivity index (χ0) is 13.3. The molecule has 0 saturated heterocycles. The van der Waals surface area contributed by atoms with Crippen molar-refractivity contribution in [1.82, 2.24) is 19.9 Å². The second-order valence-electron chi connectivity index (χ2n) is 4.92. The monoisotopic (exact) mass is 355 g/mol. The van der Waals surface area contributed by atoms with Gasteiger partial charge in [0, 0.05) is 17.8 Å². The lowest BCUT2D eigenvalue weighted by Crippen LogP contribution is -2.18. The maximum Gasteiger partial charge on any atom is 0.200 e. The summed E-state index contributed by atoms with van der Waals surface area (Å²) in [7, 11) is 0. The lowest BCUT2D eigenvalue weighted by atomic mass is 9.92. The standard InChI is InChI=1S/C12H14IN5/c1-12(2,3)8-7(13)9(14)18-11(17-8)10-15-5-4-6-16-10/h4-6H,1-3H3,(H2,14,17,18). The molecule has 0 amide bonds. The SMILES string of the molecule is CC(C)(C)c1nc(-c2ncccn2)nc(N)c1I. The van der Waals surface area contributed by atoms with Gasteiger partial charge in [0.05, 0.1) is 9.26 Å². The van der Waals surface area contributed by atoms with Gasteiger partial charge in [0.2, 0.25) is 0 Å². The van der Waals surface area contributed by atoms with Crippen molar-refractivity contribution in [3.05, 3.63) is 27.7 Å². The second-order valence-corrected chi connectivity index (χ2v) is 6.00. The third-order valence-corrected chi connectivity index (χ3v) is 3.42. The molecule has 0 fully saturated rings. The van der Waals surface area contributed by atoms with Gasteiger partial charge in [0.15, 0.2) is 11.6 Å². The molecule has 0 saturated carbocycles. The van der Waals surface area contributed by atoms with Crippen LogP contribution in [0.15, 0.2) is 18.5 Å². The van der Waals surface area contributed by atoms with E-state index in [1.54, 1.807) is 18.5 Å². The fourth-order valence-corrected chi connectivity index (χ4v) is 2.53. The quantitative estimate of drug-likeness (QED) is 0.795. The Bertz CT molecular complexity index is 563. The molecule has 2 aromatic heterocycles. The van der Waals surface area contributed by atoms with E-state index in [4.69, 9.17) is 5.73 Å². The Morgan fingerprint density at radius 2 is 1.67 bits per heavy atom. The normalized spacial score (nSPS) is 11.6. The molecule has 18 heavy (non-hydrogen) atoms. The molecule has 2 rings (SSSR count). The average molecular weight is 355 g/mol. The van der Waals surface area contributed by atoms with Crippen LogP contribution in [0.4, 0.5) is 5.82 Å². The van der Waals surface area contributed by atoms with E-state index in [-0.39, 0.29) is 5.41 Å². The highest BCUT2D eigenvalue weighted by atomic mass is 127. The highest BCUT2D eigenvalue weighted by Crippen LogP contribution is 2.29. The highest BCUT2D eigenvalue weighted by molar-refractivity contribution is 14.1. The molecule has 0 aliphatic carbocycles. The number of nitrogen functional groups attached to an aromatic ring is 1. The predicted octanol–water partition coefficient (Wildman–Crippen LogP) is 2.42. The van der Waals surface area contributed by atoms with Crippen LogP contribution in [-0.2, 0) is 5.41 Å². The molecule has 2 N–H and O–H groups in total. The van der Waals surface area contributed by atoms with Crippen molar-refractivity contribution in [2.75, 3.05) is 5.73 Å². The number of aromatic nitrogens is 4. The minimum absolute atomic E-state index is 0.100. The van der Waals surface area contributed by atoms with Gasteiger partial charge in [-0.05, 0) is 28.7 Å². The Kier molecular flexibility index (Phi) is 3.47. The predicted molar refractivity (Wildman–Crippen MR) is 78.9 cm³/mol. The van der Waals surface area contributed by atoms with Gasteiger partial charge >= 0.3 is 0 Å². The Morgan fingerprint density at radius 3 is 2.22 bits per heavy atom. The van der Waals surface area contributed by atoms with Crippen LogP contribution in [0.25, 0.3) is 11.6 Å². The van der Waals surface area contributed by atoms with E-state index in [9.17, 15) is 0 Å². The first kappa shape index (κ1) is 13.1. The zero-order valence-electron chi connectivity index (χ0n) is 10.5. The van der Waals surface area contributed by atoms with Crippen molar-refractivity contribution >= 4 is 28.4 Å². The molecular formula is C12H14IN5. The summed E-state index contributed by atoms with van der Waals surface area (Å²) in [4.78, 5) is 17.1. The topological polar surface area (TPSA) is 77.6 Å². The van der Waals surface area contributed by atoms with Crippen LogP contribution in [0, 0.1) is 3.57 Å². The summed E-state index contributed by atoms with van der Waals surface area (Å²) >= 11 is 2.18. The van der Waals surface area contributed by atoms with Crippen LogP contribution in [0.1, 0.15) is 26.5 Å². The molecule has 0 bridgehead atoms. The van der Waals surface area contributed by atoms with Gasteiger partial charge in [-0.1, -0.05) is 20.8 Å². The van der Waals surface area contributed by atoms with Gasteiger partial charge in [-0.25, -0.2) is 19.9 Å². The summed E-state index contributed by atoms with van der Waals surface area (Å²) in [5.74, 6) is 1.43. The molecule has 2 heterocycles. The molecule has 5 nitrogen and oxygen atoms in total. The molecule has 2 aromatic rings. The number of hydrogen-bond donors (Lipinski definition) is 1. The van der Waals surface area contributed by atoms with E-state index >= 15 is 0 Å². The first-order chi connectivity index (χ1) is 8.39. The van der Waals surface area contributed by atoms with Gasteiger partial charge < -0.3 is 5.73 Å². The summed E-state index contributed by atoms with van der Waals surface area (Å²) in [6.07, 6.45) is 3.33. The Morgan fingerprint density at radius 1 is 1.06 bits per heavy atom. The summed E-state index contributed by atoms with van der Waals surface area (Å²) in [6, 6.07) is 1.75. The van der Waals surface area contributed by atoms with E-state index in [0.717, 1.165) is 9.26 Å². The van der Waals surface area contributed by atoms with Gasteiger partial charge in [-0.3, -0.25) is 0 Å². The molecule has 0 radical (unpaired) electrons. The van der Waals surface area contributed by atoms with E-state index in [1.807, 2.05) is 0 Å². The van der Waals surface area contributed by atoms with Gasteiger partial charge in [-0.2, -0.15) is 0 Å². The molecule has 0 spiro atoms. The molecule has 6 heteroatoms. The number of nitrogens with zero attached hydrogens (tertiary/aromatic N) is 4. The lowest BCUT2D eigenvalue weighted by molar-refractivity contribution is 0.564. The van der Waals surface area contributed by atoms with E-state index in [2.05, 4.69) is 63.3 Å². The van der Waals surface area contributed by atoms with Crippen LogP contribution in [0.3, 0.4) is 0 Å². The van der Waals surface area contributed by atoms with Gasteiger partial charge in [0.1, 0.15) is 5.82 Å². The van der Waals surface area contributed by atoms with Gasteiger partial charge in [0.25, 0.3) is 0 Å². The third-order valence-electron chi connectivity index (χ3n) is 2.35. The first-order valence-electron chi connectivity index (χ1n) is 5.50. The second kappa shape index (κ2) is 4.75. The Labute approximate surface area is 119 Å². The molecule has 0 aromatic carbocycles. The van der Waals surface area contributed by atoms with E-state index in [0.29, 0.717) is 17.5 Å². The molecule has 0 unspecified atom stereocenters. The average Bonchev–Trinajstić information content (AvgIpc) is 2.32. The lowest BCUT2D eigenvalue weighted by Gasteiger charge is -2.20. The summed E-state index contributed by atoms with van der Waals surface area (Å²) < 4.78 is 0.889. The summed E-state index contributed by atoms with van der Waals surface area (Å²) in [5.41, 5.74) is 6.76. The summed E-state index contributed by atoms with van der Waals surface area (Å²) in [6.45, 7) is 6.27. The van der Waals surface area contributed by atoms with Crippen molar-refractivity contribution < 1.29 is 0 Å². The van der Waals surface area contributed by atoms with Crippen molar-refractivity contribution in [1.29, 1.82) is 0 Å². The Balaban J connectivity index is 2.62. The maximum atomic E-state index is 5.94. The number of rotatable bonds is 1. The third kappa shape index (κ3) is 2.58. The van der Waals surface area contributed by atoms with Crippen molar-refractivity contribution in [3.8, 4) is 11.6 Å². The molecule has 0 aliphatic heterocycles. The maximum absolute atomic E-state index is 5.94. The molecule has 0 aliphatic rings. The number of nitrogens with two attached hydrogens (primary N) is 1. The minimum atomic E-state index is -0.100. The van der Waals surface area contributed by atoms with Crippen molar-refractivity contribution in [2.45, 2.75) is 26.2 Å². The molecule has 94 valence electrons. The highest BCUT2D eigenvalue weighted by Gasteiger charge is 2.23. The molecule has 0 atom stereocenters. The van der Waals surface area contributed by atoms with Gasteiger partial charge in [-0.15, -0.1) is 0 Å². The fourth-order valence-electron chi connectivity index (χ4n) is 1.48. The Hall–Kier alpha value is -1.31. The smallest absolute Gasteiger partial charge is 0.200 e. The van der Waals surface area contributed by atoms with Crippen molar-refractivity contribution in [2.24, 2.45) is 0 Å². The number of halogens is 1. The van der Waals surface area contributed by atoms with Crippen LogP contribution in [-0.4, -0.2) is 19.9 Å². The van der Waals surface area contributed by atoms with Crippen LogP contribution < -0.4 is 5.73 Å². The van der Waals surface area contributed by atoms with E-state index < -0.39 is 0 Å². The minimum Gasteiger partial charge on any atom is -0.383 e. The molecular weight excluding hydrogens is 341 g/mol. The summed E-state index contributed by atoms with van der Waals surface area (Å²) in [5, 5.41) is 0.